The minimum atomic E-state index is -0.314. The van der Waals surface area contributed by atoms with E-state index >= 15 is 0 Å². The molecule has 180 valence electrons. The molecule has 0 aliphatic heterocycles. The molecular weight excluding hydrogens is 396 g/mol. The second-order valence-corrected chi connectivity index (χ2v) is 9.97. The summed E-state index contributed by atoms with van der Waals surface area (Å²) in [6.45, 7) is 10.5. The van der Waals surface area contributed by atoms with E-state index in [9.17, 15) is 9.90 Å². The van der Waals surface area contributed by atoms with E-state index in [0.717, 1.165) is 18.8 Å². The van der Waals surface area contributed by atoms with Gasteiger partial charge >= 0.3 is 5.97 Å². The predicted octanol–water partition coefficient (Wildman–Crippen LogP) is 6.91. The second kappa shape index (κ2) is 14.5. The topological polar surface area (TPSA) is 46.5 Å². The quantitative estimate of drug-likeness (QED) is 0.193. The Hall–Kier alpha value is -1.61. The Kier molecular flexibility index (Phi) is 12.1. The smallest absolute Gasteiger partial charge is 0.333 e. The van der Waals surface area contributed by atoms with Gasteiger partial charge in [-0.05, 0) is 86.7 Å². The number of unbranched alkanes of at least 4 members (excludes halogenated alkanes) is 2. The number of hydrogen-bond acceptors (Lipinski definition) is 3. The van der Waals surface area contributed by atoms with E-state index < -0.39 is 0 Å². The zero-order valence-electron chi connectivity index (χ0n) is 20.8. The minimum absolute atomic E-state index is 0.153. The number of aliphatic hydroxyl groups excluding tert-OH is 1. The van der Waals surface area contributed by atoms with Gasteiger partial charge in [-0.1, -0.05) is 70.4 Å². The normalized spacial score (nSPS) is 21.8. The molecule has 1 aromatic carbocycles. The maximum absolute atomic E-state index is 11.9. The first-order valence-corrected chi connectivity index (χ1v) is 13.0. The number of hydrogen-bond donors (Lipinski definition) is 1. The van der Waals surface area contributed by atoms with Gasteiger partial charge in [-0.2, -0.15) is 0 Å². The predicted molar refractivity (Wildman–Crippen MR) is 134 cm³/mol. The average Bonchev–Trinajstić information content (AvgIpc) is 2.81. The van der Waals surface area contributed by atoms with Crippen LogP contribution in [0.25, 0.3) is 0 Å². The first-order chi connectivity index (χ1) is 15.5. The fraction of sp³-hybridized carbons (Fsp3) is 0.690. The van der Waals surface area contributed by atoms with Gasteiger partial charge in [0.2, 0.25) is 0 Å². The third kappa shape index (κ3) is 8.73. The lowest BCUT2D eigenvalue weighted by molar-refractivity contribution is -0.141. The highest BCUT2D eigenvalue weighted by Gasteiger charge is 2.34. The highest BCUT2D eigenvalue weighted by molar-refractivity contribution is 5.86. The van der Waals surface area contributed by atoms with Crippen molar-refractivity contribution in [3.8, 4) is 0 Å². The molecule has 0 bridgehead atoms. The summed E-state index contributed by atoms with van der Waals surface area (Å²) in [6, 6.07) is 9.31. The summed E-state index contributed by atoms with van der Waals surface area (Å²) in [7, 11) is 0. The molecule has 2 rings (SSSR count). The number of esters is 1. The van der Waals surface area contributed by atoms with E-state index in [2.05, 4.69) is 44.7 Å². The Morgan fingerprint density at radius 1 is 1.12 bits per heavy atom. The maximum atomic E-state index is 11.9. The monoisotopic (exact) mass is 442 g/mol. The maximum Gasteiger partial charge on any atom is 0.333 e. The summed E-state index contributed by atoms with van der Waals surface area (Å²) >= 11 is 0. The third-order valence-corrected chi connectivity index (χ3v) is 7.49. The molecule has 1 fully saturated rings. The molecule has 0 aromatic heterocycles. The van der Waals surface area contributed by atoms with Crippen LogP contribution in [0.1, 0.15) is 89.7 Å². The van der Waals surface area contributed by atoms with E-state index in [1.807, 2.05) is 0 Å². The molecule has 1 aliphatic rings. The van der Waals surface area contributed by atoms with E-state index in [1.165, 1.54) is 62.5 Å². The summed E-state index contributed by atoms with van der Waals surface area (Å²) in [5.74, 6) is 1.88. The van der Waals surface area contributed by atoms with Crippen LogP contribution in [-0.2, 0) is 22.4 Å². The molecule has 0 radical (unpaired) electrons. The number of aliphatic hydroxyl groups is 1. The highest BCUT2D eigenvalue weighted by Crippen LogP contribution is 2.42. The van der Waals surface area contributed by atoms with Gasteiger partial charge in [0.15, 0.2) is 0 Å². The van der Waals surface area contributed by atoms with Gasteiger partial charge in [0.05, 0.1) is 6.61 Å². The summed E-state index contributed by atoms with van der Waals surface area (Å²) in [6.07, 6.45) is 13.1. The molecular formula is C29H46O3. The number of carbonyl (C=O) groups is 1. The fourth-order valence-electron chi connectivity index (χ4n) is 5.45. The lowest BCUT2D eigenvalue weighted by Gasteiger charge is -2.40. The van der Waals surface area contributed by atoms with Crippen LogP contribution in [0, 0.1) is 23.7 Å². The molecule has 0 amide bonds. The fourth-order valence-corrected chi connectivity index (χ4v) is 5.45. The van der Waals surface area contributed by atoms with Crippen LogP contribution in [0.3, 0.4) is 0 Å². The van der Waals surface area contributed by atoms with Crippen molar-refractivity contribution >= 4 is 5.97 Å². The molecule has 3 heteroatoms. The van der Waals surface area contributed by atoms with Crippen molar-refractivity contribution in [2.45, 2.75) is 91.4 Å². The Labute approximate surface area is 196 Å². The minimum Gasteiger partial charge on any atom is -0.462 e. The number of rotatable bonds is 14. The molecule has 1 aliphatic carbocycles. The van der Waals surface area contributed by atoms with Crippen molar-refractivity contribution in [2.24, 2.45) is 23.7 Å². The third-order valence-electron chi connectivity index (χ3n) is 7.49. The zero-order valence-corrected chi connectivity index (χ0v) is 20.8. The van der Waals surface area contributed by atoms with E-state index in [1.54, 1.807) is 6.92 Å². The molecule has 3 nitrogen and oxygen atoms in total. The molecule has 4 atom stereocenters. The number of carbonyl (C=O) groups excluding carboxylic acids is 1. The Bertz CT molecular complexity index is 678. The van der Waals surface area contributed by atoms with Gasteiger partial charge in [0.25, 0.3) is 0 Å². The number of ether oxygens (including phenoxy) is 1. The molecule has 1 saturated carbocycles. The number of benzene rings is 1. The van der Waals surface area contributed by atoms with Crippen LogP contribution in [0.15, 0.2) is 36.4 Å². The standard InChI is InChI=1S/C29H46O3/c1-5-7-8-9-23-10-12-24(13-11-23)14-15-25-16-17-28(26(6-2)20-25)27(18-19-30)21-32-29(31)22(3)4/h10-13,25-28,30H,3,5-9,14-21H2,1-2,4H3. The van der Waals surface area contributed by atoms with Gasteiger partial charge in [-0.25, -0.2) is 4.79 Å². The number of aryl methyl sites for hydroxylation is 2. The molecule has 0 saturated heterocycles. The van der Waals surface area contributed by atoms with Crippen LogP contribution in [0.2, 0.25) is 0 Å². The van der Waals surface area contributed by atoms with Crippen molar-refractivity contribution < 1.29 is 14.6 Å². The van der Waals surface area contributed by atoms with Crippen LogP contribution in [-0.4, -0.2) is 24.3 Å². The molecule has 0 heterocycles. The summed E-state index contributed by atoms with van der Waals surface area (Å²) in [5.41, 5.74) is 3.37. The highest BCUT2D eigenvalue weighted by atomic mass is 16.5. The van der Waals surface area contributed by atoms with Gasteiger partial charge in [0.1, 0.15) is 0 Å². The first-order valence-electron chi connectivity index (χ1n) is 13.0. The zero-order chi connectivity index (χ0) is 23.3. The Morgan fingerprint density at radius 2 is 1.81 bits per heavy atom. The SMILES string of the molecule is C=C(C)C(=O)OCC(CCO)C1CCC(CCc2ccc(CCCCC)cc2)CC1CC. The molecule has 1 aromatic rings. The lowest BCUT2D eigenvalue weighted by atomic mass is 9.66. The Morgan fingerprint density at radius 3 is 2.41 bits per heavy atom. The van der Waals surface area contributed by atoms with Crippen molar-refractivity contribution in [3.05, 3.63) is 47.5 Å². The van der Waals surface area contributed by atoms with Crippen molar-refractivity contribution in [2.75, 3.05) is 13.2 Å². The first kappa shape index (κ1) is 26.6. The van der Waals surface area contributed by atoms with Crippen LogP contribution < -0.4 is 0 Å². The lowest BCUT2D eigenvalue weighted by Crippen LogP contribution is -2.33. The van der Waals surface area contributed by atoms with Crippen molar-refractivity contribution in [3.63, 3.8) is 0 Å². The van der Waals surface area contributed by atoms with E-state index in [4.69, 9.17) is 4.74 Å². The summed E-state index contributed by atoms with van der Waals surface area (Å²) < 4.78 is 5.49. The molecule has 0 spiro atoms. The van der Waals surface area contributed by atoms with Gasteiger partial charge in [-0.3, -0.25) is 0 Å². The summed E-state index contributed by atoms with van der Waals surface area (Å²) in [4.78, 5) is 11.9. The van der Waals surface area contributed by atoms with E-state index in [0.29, 0.717) is 30.4 Å². The van der Waals surface area contributed by atoms with Gasteiger partial charge < -0.3 is 9.84 Å². The molecule has 1 N–H and O–H groups in total. The van der Waals surface area contributed by atoms with Gasteiger partial charge in [0, 0.05) is 12.2 Å². The largest absolute Gasteiger partial charge is 0.462 e. The Balaban J connectivity index is 1.85. The summed E-state index contributed by atoms with van der Waals surface area (Å²) in [5, 5.41) is 9.58. The molecule has 32 heavy (non-hydrogen) atoms. The van der Waals surface area contributed by atoms with Gasteiger partial charge in [-0.15, -0.1) is 0 Å². The van der Waals surface area contributed by atoms with E-state index in [-0.39, 0.29) is 18.5 Å². The molecule has 4 unspecified atom stereocenters. The van der Waals surface area contributed by atoms with Crippen molar-refractivity contribution in [1.82, 2.24) is 0 Å². The second-order valence-electron chi connectivity index (χ2n) is 9.97. The average molecular weight is 443 g/mol. The van der Waals surface area contributed by atoms with Crippen LogP contribution in [0.5, 0.6) is 0 Å². The van der Waals surface area contributed by atoms with Crippen molar-refractivity contribution in [1.29, 1.82) is 0 Å². The van der Waals surface area contributed by atoms with Crippen LogP contribution >= 0.6 is 0 Å². The van der Waals surface area contributed by atoms with Crippen LogP contribution in [0.4, 0.5) is 0 Å².